The quantitative estimate of drug-likeness (QED) is 0.566. The van der Waals surface area contributed by atoms with E-state index in [2.05, 4.69) is 11.9 Å². The Balaban J connectivity index is 0.000000396. The van der Waals surface area contributed by atoms with Crippen LogP contribution in [0.3, 0.4) is 0 Å². The molecule has 1 saturated carbocycles. The van der Waals surface area contributed by atoms with Gasteiger partial charge in [-0.2, -0.15) is 0 Å². The van der Waals surface area contributed by atoms with Gasteiger partial charge in [0.2, 0.25) is 6.41 Å². The lowest BCUT2D eigenvalue weighted by atomic mass is 10.1. The molecule has 0 bridgehead atoms. The van der Waals surface area contributed by atoms with Gasteiger partial charge in [0.05, 0.1) is 5.54 Å². The molecule has 1 aliphatic carbocycles. The van der Waals surface area contributed by atoms with Crippen molar-refractivity contribution in [1.29, 1.82) is 0 Å². The lowest BCUT2D eigenvalue weighted by Crippen LogP contribution is -2.52. The maximum absolute atomic E-state index is 10.6. The summed E-state index contributed by atoms with van der Waals surface area (Å²) in [7, 11) is 2.13. The third-order valence-electron chi connectivity index (χ3n) is 2.85. The van der Waals surface area contributed by atoms with Crippen LogP contribution in [0.1, 0.15) is 26.7 Å². The fourth-order valence-electron chi connectivity index (χ4n) is 1.94. The molecule has 0 aromatic heterocycles. The average molecular weight is 184 g/mol. The highest BCUT2D eigenvalue weighted by molar-refractivity contribution is 5.51. The molecular formula is C10H20N2O. The third-order valence-corrected chi connectivity index (χ3v) is 2.85. The summed E-state index contributed by atoms with van der Waals surface area (Å²) in [5.41, 5.74) is 0.259. The number of hydrogen-bond acceptors (Lipinski definition) is 2. The molecule has 2 aliphatic rings. The molecule has 1 aliphatic heterocycles. The molecule has 0 aromatic rings. The van der Waals surface area contributed by atoms with Gasteiger partial charge >= 0.3 is 0 Å². The van der Waals surface area contributed by atoms with Crippen LogP contribution in [0.25, 0.3) is 0 Å². The number of rotatable bonds is 1. The van der Waals surface area contributed by atoms with Crippen molar-refractivity contribution in [2.24, 2.45) is 0 Å². The third kappa shape index (κ3) is 2.02. The van der Waals surface area contributed by atoms with Crippen molar-refractivity contribution in [2.45, 2.75) is 32.2 Å². The molecule has 1 amide bonds. The molecule has 1 spiro atoms. The summed E-state index contributed by atoms with van der Waals surface area (Å²) in [5.74, 6) is 0. The fraction of sp³-hybridized carbons (Fsp3) is 0.900. The zero-order valence-corrected chi connectivity index (χ0v) is 8.92. The van der Waals surface area contributed by atoms with Crippen molar-refractivity contribution < 1.29 is 4.79 Å². The molecule has 0 aromatic carbocycles. The summed E-state index contributed by atoms with van der Waals surface area (Å²) < 4.78 is 0. The predicted molar refractivity (Wildman–Crippen MR) is 53.6 cm³/mol. The Labute approximate surface area is 80.7 Å². The van der Waals surface area contributed by atoms with Gasteiger partial charge in [-0.25, -0.2) is 0 Å². The number of carbonyl (C=O) groups excluding carboxylic acids is 1. The first-order valence-electron chi connectivity index (χ1n) is 5.17. The smallest absolute Gasteiger partial charge is 0.210 e. The summed E-state index contributed by atoms with van der Waals surface area (Å²) in [5, 5.41) is 0. The highest BCUT2D eigenvalue weighted by atomic mass is 16.1. The van der Waals surface area contributed by atoms with Gasteiger partial charge in [0, 0.05) is 19.6 Å². The van der Waals surface area contributed by atoms with E-state index in [-0.39, 0.29) is 5.54 Å². The Morgan fingerprint density at radius 1 is 1.23 bits per heavy atom. The van der Waals surface area contributed by atoms with Gasteiger partial charge in [-0.05, 0) is 19.9 Å². The first kappa shape index (κ1) is 10.5. The molecule has 1 saturated heterocycles. The Morgan fingerprint density at radius 3 is 2.31 bits per heavy atom. The van der Waals surface area contributed by atoms with Crippen LogP contribution in [-0.2, 0) is 4.79 Å². The van der Waals surface area contributed by atoms with E-state index in [4.69, 9.17) is 0 Å². The summed E-state index contributed by atoms with van der Waals surface area (Å²) in [6.45, 7) is 7.02. The molecular weight excluding hydrogens is 164 g/mol. The van der Waals surface area contributed by atoms with Gasteiger partial charge in [0.15, 0.2) is 0 Å². The van der Waals surface area contributed by atoms with Crippen LogP contribution in [0.2, 0.25) is 0 Å². The predicted octanol–water partition coefficient (Wildman–Crippen LogP) is 0.949. The van der Waals surface area contributed by atoms with Gasteiger partial charge in [-0.3, -0.25) is 4.79 Å². The highest BCUT2D eigenvalue weighted by Crippen LogP contribution is 2.42. The minimum Gasteiger partial charge on any atom is -0.337 e. The number of hydrogen-bond donors (Lipinski definition) is 0. The van der Waals surface area contributed by atoms with E-state index in [1.54, 1.807) is 0 Å². The van der Waals surface area contributed by atoms with Crippen molar-refractivity contribution >= 4 is 6.41 Å². The SMILES string of the molecule is CC.CN1CCN(C=O)C2(CC2)C1. The van der Waals surface area contributed by atoms with Crippen LogP contribution >= 0.6 is 0 Å². The van der Waals surface area contributed by atoms with Crippen molar-refractivity contribution in [3.05, 3.63) is 0 Å². The molecule has 2 rings (SSSR count). The van der Waals surface area contributed by atoms with E-state index in [1.165, 1.54) is 12.8 Å². The van der Waals surface area contributed by atoms with Crippen LogP contribution in [0.4, 0.5) is 0 Å². The number of likely N-dealkylation sites (N-methyl/N-ethyl adjacent to an activating group) is 1. The molecule has 13 heavy (non-hydrogen) atoms. The van der Waals surface area contributed by atoms with Crippen LogP contribution in [0.15, 0.2) is 0 Å². The maximum Gasteiger partial charge on any atom is 0.210 e. The number of carbonyl (C=O) groups is 1. The summed E-state index contributed by atoms with van der Waals surface area (Å²) in [6, 6.07) is 0. The van der Waals surface area contributed by atoms with Gasteiger partial charge in [-0.1, -0.05) is 13.8 Å². The van der Waals surface area contributed by atoms with Crippen molar-refractivity contribution in [3.8, 4) is 0 Å². The summed E-state index contributed by atoms with van der Waals surface area (Å²) in [4.78, 5) is 14.9. The van der Waals surface area contributed by atoms with Crippen LogP contribution < -0.4 is 0 Å². The van der Waals surface area contributed by atoms with E-state index in [0.29, 0.717) is 0 Å². The monoisotopic (exact) mass is 184 g/mol. The van der Waals surface area contributed by atoms with E-state index in [9.17, 15) is 4.79 Å². The Morgan fingerprint density at radius 2 is 1.85 bits per heavy atom. The zero-order chi connectivity index (χ0) is 9.90. The first-order chi connectivity index (χ1) is 6.27. The largest absolute Gasteiger partial charge is 0.337 e. The van der Waals surface area contributed by atoms with Crippen molar-refractivity contribution in [2.75, 3.05) is 26.7 Å². The van der Waals surface area contributed by atoms with Gasteiger partial charge in [0.1, 0.15) is 0 Å². The topological polar surface area (TPSA) is 23.6 Å². The van der Waals surface area contributed by atoms with Crippen LogP contribution in [-0.4, -0.2) is 48.4 Å². The Bertz CT molecular complexity index is 178. The summed E-state index contributed by atoms with van der Waals surface area (Å²) >= 11 is 0. The molecule has 0 unspecified atom stereocenters. The second kappa shape index (κ2) is 4.09. The second-order valence-corrected chi connectivity index (χ2v) is 3.76. The molecule has 3 heteroatoms. The Kier molecular flexibility index (Phi) is 3.31. The van der Waals surface area contributed by atoms with Gasteiger partial charge in [0.25, 0.3) is 0 Å². The molecule has 0 radical (unpaired) electrons. The molecule has 3 nitrogen and oxygen atoms in total. The molecule has 0 atom stereocenters. The normalized spacial score (nSPS) is 25.0. The highest BCUT2D eigenvalue weighted by Gasteiger charge is 2.50. The summed E-state index contributed by atoms with van der Waals surface area (Å²) in [6.07, 6.45) is 3.42. The number of amides is 1. The minimum absolute atomic E-state index is 0.259. The molecule has 1 heterocycles. The lowest BCUT2D eigenvalue weighted by Gasteiger charge is -2.38. The molecule has 2 fully saturated rings. The second-order valence-electron chi connectivity index (χ2n) is 3.76. The van der Waals surface area contributed by atoms with E-state index < -0.39 is 0 Å². The van der Waals surface area contributed by atoms with E-state index in [1.807, 2.05) is 18.7 Å². The number of piperazine rings is 1. The fourth-order valence-corrected chi connectivity index (χ4v) is 1.94. The van der Waals surface area contributed by atoms with Gasteiger partial charge in [-0.15, -0.1) is 0 Å². The number of nitrogens with zero attached hydrogens (tertiary/aromatic N) is 2. The van der Waals surface area contributed by atoms with E-state index in [0.717, 1.165) is 26.0 Å². The van der Waals surface area contributed by atoms with Crippen LogP contribution in [0, 0.1) is 0 Å². The maximum atomic E-state index is 10.6. The van der Waals surface area contributed by atoms with Crippen molar-refractivity contribution in [3.63, 3.8) is 0 Å². The minimum atomic E-state index is 0.259. The van der Waals surface area contributed by atoms with Gasteiger partial charge < -0.3 is 9.80 Å². The van der Waals surface area contributed by atoms with Crippen LogP contribution in [0.5, 0.6) is 0 Å². The Hall–Kier alpha value is -0.570. The average Bonchev–Trinajstić information content (AvgIpc) is 2.89. The standard InChI is InChI=1S/C8H14N2O.C2H6/c1-9-4-5-10(7-11)8(6-9)2-3-8;1-2/h7H,2-6H2,1H3;1-2H3. The molecule has 76 valence electrons. The van der Waals surface area contributed by atoms with E-state index >= 15 is 0 Å². The lowest BCUT2D eigenvalue weighted by molar-refractivity contribution is -0.123. The zero-order valence-electron chi connectivity index (χ0n) is 8.92. The first-order valence-corrected chi connectivity index (χ1v) is 5.17. The molecule has 0 N–H and O–H groups in total. The van der Waals surface area contributed by atoms with Crippen molar-refractivity contribution in [1.82, 2.24) is 9.80 Å².